The van der Waals surface area contributed by atoms with Crippen molar-refractivity contribution in [1.82, 2.24) is 14.8 Å². The topological polar surface area (TPSA) is 62.5 Å². The van der Waals surface area contributed by atoms with Crippen molar-refractivity contribution in [2.75, 3.05) is 32.9 Å². The largest absolute Gasteiger partial charge is 0.384 e. The molecule has 116 valence electrons. The number of rotatable bonds is 4. The zero-order valence-corrected chi connectivity index (χ0v) is 13.3. The lowest BCUT2D eigenvalue weighted by molar-refractivity contribution is 0.0635. The molecule has 5 nitrogen and oxygen atoms in total. The van der Waals surface area contributed by atoms with E-state index < -0.39 is 0 Å². The molecule has 5 heteroatoms. The van der Waals surface area contributed by atoms with Gasteiger partial charge in [-0.2, -0.15) is 0 Å². The molecule has 2 rings (SSSR count). The zero-order chi connectivity index (χ0) is 15.4. The van der Waals surface area contributed by atoms with Gasteiger partial charge in [-0.05, 0) is 45.5 Å². The minimum atomic E-state index is 0.0769. The van der Waals surface area contributed by atoms with E-state index >= 15 is 0 Å². The average molecular weight is 290 g/mol. The molecule has 1 fully saturated rings. The van der Waals surface area contributed by atoms with Crippen LogP contribution in [0.5, 0.6) is 0 Å². The lowest BCUT2D eigenvalue weighted by Crippen LogP contribution is -2.47. The molecule has 1 aromatic rings. The van der Waals surface area contributed by atoms with Gasteiger partial charge in [0.1, 0.15) is 5.82 Å². The Kier molecular flexibility index (Phi) is 5.17. The Morgan fingerprint density at radius 3 is 2.90 bits per heavy atom. The zero-order valence-electron chi connectivity index (χ0n) is 13.3. The maximum absolute atomic E-state index is 12.7. The molecule has 0 spiro atoms. The summed E-state index contributed by atoms with van der Waals surface area (Å²) < 4.78 is 0. The van der Waals surface area contributed by atoms with Gasteiger partial charge in [0, 0.05) is 30.4 Å². The number of aryl methyl sites for hydroxylation is 1. The summed E-state index contributed by atoms with van der Waals surface area (Å²) in [5.41, 5.74) is 7.42. The van der Waals surface area contributed by atoms with Gasteiger partial charge in [-0.3, -0.25) is 4.79 Å². The first-order chi connectivity index (χ1) is 10.0. The van der Waals surface area contributed by atoms with Crippen LogP contribution in [0.15, 0.2) is 12.1 Å². The van der Waals surface area contributed by atoms with Crippen molar-refractivity contribution in [2.24, 2.45) is 0 Å². The third-order valence-corrected chi connectivity index (χ3v) is 4.07. The van der Waals surface area contributed by atoms with E-state index in [2.05, 4.69) is 30.9 Å². The van der Waals surface area contributed by atoms with Crippen LogP contribution in [0.3, 0.4) is 0 Å². The van der Waals surface area contributed by atoms with Gasteiger partial charge < -0.3 is 15.5 Å². The van der Waals surface area contributed by atoms with E-state index in [1.807, 2.05) is 11.0 Å². The second kappa shape index (κ2) is 6.89. The van der Waals surface area contributed by atoms with Crippen molar-refractivity contribution in [3.63, 3.8) is 0 Å². The smallest absolute Gasteiger partial charge is 0.254 e. The van der Waals surface area contributed by atoms with Crippen molar-refractivity contribution in [1.29, 1.82) is 0 Å². The highest BCUT2D eigenvalue weighted by Crippen LogP contribution is 2.18. The number of hydrogen-bond acceptors (Lipinski definition) is 4. The Morgan fingerprint density at radius 2 is 2.24 bits per heavy atom. The predicted octanol–water partition coefficient (Wildman–Crippen LogP) is 1.78. The van der Waals surface area contributed by atoms with Crippen molar-refractivity contribution in [3.05, 3.63) is 23.4 Å². The highest BCUT2D eigenvalue weighted by Gasteiger charge is 2.25. The van der Waals surface area contributed by atoms with Gasteiger partial charge in [0.15, 0.2) is 0 Å². The summed E-state index contributed by atoms with van der Waals surface area (Å²) in [7, 11) is 4.14. The number of likely N-dealkylation sites (tertiary alicyclic amines) is 1. The summed E-state index contributed by atoms with van der Waals surface area (Å²) in [6, 6.07) is 4.03. The Labute approximate surface area is 127 Å². The SMILES string of the molecule is CCCc1cc(C(=O)N2CCCC(N(C)C)C2)cc(N)n1. The van der Waals surface area contributed by atoms with Crippen molar-refractivity contribution in [3.8, 4) is 0 Å². The molecule has 2 N–H and O–H groups in total. The van der Waals surface area contributed by atoms with Crippen LogP contribution in [-0.2, 0) is 6.42 Å². The number of amides is 1. The first kappa shape index (κ1) is 15.8. The van der Waals surface area contributed by atoms with Gasteiger partial charge in [0.2, 0.25) is 0 Å². The summed E-state index contributed by atoms with van der Waals surface area (Å²) in [6.45, 7) is 3.71. The second-order valence-corrected chi connectivity index (χ2v) is 6.03. The lowest BCUT2D eigenvalue weighted by Gasteiger charge is -2.36. The number of hydrogen-bond donors (Lipinski definition) is 1. The number of aromatic nitrogens is 1. The summed E-state index contributed by atoms with van der Waals surface area (Å²) in [5.74, 6) is 0.512. The van der Waals surface area contributed by atoms with E-state index in [1.54, 1.807) is 6.07 Å². The van der Waals surface area contributed by atoms with Gasteiger partial charge in [-0.1, -0.05) is 13.3 Å². The van der Waals surface area contributed by atoms with E-state index in [1.165, 1.54) is 0 Å². The fraction of sp³-hybridized carbons (Fsp3) is 0.625. The van der Waals surface area contributed by atoms with E-state index in [4.69, 9.17) is 5.73 Å². The minimum Gasteiger partial charge on any atom is -0.384 e. The van der Waals surface area contributed by atoms with Crippen LogP contribution in [0.4, 0.5) is 5.82 Å². The predicted molar refractivity (Wildman–Crippen MR) is 85.3 cm³/mol. The van der Waals surface area contributed by atoms with Crippen molar-refractivity contribution in [2.45, 2.75) is 38.6 Å². The standard InChI is InChI=1S/C16H26N4O/c1-4-6-13-9-12(10-15(17)18-13)16(21)20-8-5-7-14(11-20)19(2)3/h9-10,14H,4-8,11H2,1-3H3,(H2,17,18). The number of pyridine rings is 1. The van der Waals surface area contributed by atoms with Crippen molar-refractivity contribution >= 4 is 11.7 Å². The number of nitrogens with two attached hydrogens (primary N) is 1. The minimum absolute atomic E-state index is 0.0769. The quantitative estimate of drug-likeness (QED) is 0.918. The van der Waals surface area contributed by atoms with E-state index in [-0.39, 0.29) is 5.91 Å². The molecule has 1 aliphatic rings. The van der Waals surface area contributed by atoms with E-state index in [9.17, 15) is 4.79 Å². The van der Waals surface area contributed by atoms with Gasteiger partial charge in [-0.25, -0.2) is 4.98 Å². The molecule has 0 aromatic carbocycles. The number of carbonyl (C=O) groups excluding carboxylic acids is 1. The molecule has 1 unspecified atom stereocenters. The molecule has 1 aromatic heterocycles. The average Bonchev–Trinajstić information content (AvgIpc) is 2.46. The van der Waals surface area contributed by atoms with Crippen LogP contribution in [0.1, 0.15) is 42.2 Å². The van der Waals surface area contributed by atoms with Crippen LogP contribution < -0.4 is 5.73 Å². The third kappa shape index (κ3) is 3.94. The fourth-order valence-corrected chi connectivity index (χ4v) is 2.86. The Balaban J connectivity index is 2.15. The van der Waals surface area contributed by atoms with Gasteiger partial charge in [0.05, 0.1) is 0 Å². The molecule has 0 radical (unpaired) electrons. The lowest BCUT2D eigenvalue weighted by atomic mass is 10.0. The van der Waals surface area contributed by atoms with Crippen LogP contribution in [0.2, 0.25) is 0 Å². The molecule has 0 bridgehead atoms. The number of anilines is 1. The van der Waals surface area contributed by atoms with E-state index in [0.717, 1.165) is 44.5 Å². The maximum Gasteiger partial charge on any atom is 0.254 e. The van der Waals surface area contributed by atoms with Gasteiger partial charge >= 0.3 is 0 Å². The molecular formula is C16H26N4O. The molecule has 0 saturated carbocycles. The third-order valence-electron chi connectivity index (χ3n) is 4.07. The monoisotopic (exact) mass is 290 g/mol. The van der Waals surface area contributed by atoms with Gasteiger partial charge in [-0.15, -0.1) is 0 Å². The van der Waals surface area contributed by atoms with Gasteiger partial charge in [0.25, 0.3) is 5.91 Å². The van der Waals surface area contributed by atoms with Crippen molar-refractivity contribution < 1.29 is 4.79 Å². The maximum atomic E-state index is 12.7. The number of nitrogen functional groups attached to an aromatic ring is 1. The Hall–Kier alpha value is -1.62. The Morgan fingerprint density at radius 1 is 1.48 bits per heavy atom. The van der Waals surface area contributed by atoms with Crippen LogP contribution >= 0.6 is 0 Å². The first-order valence-corrected chi connectivity index (χ1v) is 7.73. The summed E-state index contributed by atoms with van der Waals surface area (Å²) in [5, 5.41) is 0. The highest BCUT2D eigenvalue weighted by atomic mass is 16.2. The number of likely N-dealkylation sites (N-methyl/N-ethyl adjacent to an activating group) is 1. The number of nitrogens with zero attached hydrogens (tertiary/aromatic N) is 3. The summed E-state index contributed by atoms with van der Waals surface area (Å²) >= 11 is 0. The molecule has 1 saturated heterocycles. The normalized spacial score (nSPS) is 19.0. The number of carbonyl (C=O) groups is 1. The Bertz CT molecular complexity index is 501. The molecule has 1 amide bonds. The van der Waals surface area contributed by atoms with E-state index in [0.29, 0.717) is 17.4 Å². The van der Waals surface area contributed by atoms with Crippen LogP contribution in [0, 0.1) is 0 Å². The second-order valence-electron chi connectivity index (χ2n) is 6.03. The highest BCUT2D eigenvalue weighted by molar-refractivity contribution is 5.95. The summed E-state index contributed by atoms with van der Waals surface area (Å²) in [4.78, 5) is 21.1. The number of piperidine rings is 1. The molecule has 2 heterocycles. The van der Waals surface area contributed by atoms with Crippen LogP contribution in [0.25, 0.3) is 0 Å². The first-order valence-electron chi connectivity index (χ1n) is 7.73. The molecule has 21 heavy (non-hydrogen) atoms. The molecule has 1 aliphatic heterocycles. The molecular weight excluding hydrogens is 264 g/mol. The summed E-state index contributed by atoms with van der Waals surface area (Å²) in [6.07, 6.45) is 4.05. The van der Waals surface area contributed by atoms with Crippen LogP contribution in [-0.4, -0.2) is 53.9 Å². The fourth-order valence-electron chi connectivity index (χ4n) is 2.86. The molecule has 0 aliphatic carbocycles. The molecule has 1 atom stereocenters.